The van der Waals surface area contributed by atoms with E-state index in [0.717, 1.165) is 51.6 Å². The Kier molecular flexibility index (Phi) is 5.74. The zero-order valence-corrected chi connectivity index (χ0v) is 17.7. The molecule has 0 bridgehead atoms. The lowest BCUT2D eigenvalue weighted by atomic mass is 9.74. The second-order valence-electron chi connectivity index (χ2n) is 9.20. The molecule has 0 unspecified atom stereocenters. The van der Waals surface area contributed by atoms with Crippen LogP contribution in [-0.2, 0) is 9.59 Å². The number of likely N-dealkylation sites (tertiary alicyclic amines) is 1. The van der Waals surface area contributed by atoms with Gasteiger partial charge in [0.25, 0.3) is 0 Å². The van der Waals surface area contributed by atoms with E-state index in [0.29, 0.717) is 24.9 Å². The van der Waals surface area contributed by atoms with E-state index in [4.69, 9.17) is 0 Å². The molecule has 1 aliphatic carbocycles. The van der Waals surface area contributed by atoms with Gasteiger partial charge in [-0.1, -0.05) is 19.3 Å². The molecule has 3 heterocycles. The molecule has 2 saturated heterocycles. The highest BCUT2D eigenvalue weighted by atomic mass is 16.2. The fourth-order valence-electron chi connectivity index (χ4n) is 5.64. The minimum atomic E-state index is -0.468. The number of carbonyl (C=O) groups excluding carboxylic acids is 2. The Balaban J connectivity index is 1.58. The van der Waals surface area contributed by atoms with Crippen molar-refractivity contribution in [3.8, 4) is 0 Å². The Bertz CT molecular complexity index is 734. The van der Waals surface area contributed by atoms with Gasteiger partial charge in [0.2, 0.25) is 17.8 Å². The molecule has 0 aromatic carbocycles. The van der Waals surface area contributed by atoms with E-state index in [1.807, 2.05) is 20.2 Å². The molecule has 1 saturated carbocycles. The molecule has 1 aromatic rings. The highest BCUT2D eigenvalue weighted by Gasteiger charge is 2.54. The van der Waals surface area contributed by atoms with Crippen molar-refractivity contribution in [1.82, 2.24) is 19.8 Å². The lowest BCUT2D eigenvalue weighted by Crippen LogP contribution is -2.48. The first-order valence-corrected chi connectivity index (χ1v) is 11.0. The van der Waals surface area contributed by atoms with Crippen LogP contribution in [0.1, 0.15) is 44.9 Å². The molecule has 1 aromatic heterocycles. The van der Waals surface area contributed by atoms with Gasteiger partial charge < -0.3 is 14.7 Å². The first kappa shape index (κ1) is 20.1. The predicted molar refractivity (Wildman–Crippen MR) is 111 cm³/mol. The molecule has 2 atom stereocenters. The number of hydrogen-bond donors (Lipinski definition) is 0. The summed E-state index contributed by atoms with van der Waals surface area (Å²) < 4.78 is 0. The van der Waals surface area contributed by atoms with E-state index < -0.39 is 5.41 Å². The molecule has 2 amide bonds. The molecule has 2 aliphatic heterocycles. The van der Waals surface area contributed by atoms with Gasteiger partial charge >= 0.3 is 0 Å². The van der Waals surface area contributed by atoms with Crippen LogP contribution < -0.4 is 4.90 Å². The highest BCUT2D eigenvalue weighted by molar-refractivity contribution is 5.85. The van der Waals surface area contributed by atoms with Gasteiger partial charge in [-0.2, -0.15) is 0 Å². The fourth-order valence-corrected chi connectivity index (χ4v) is 5.64. The van der Waals surface area contributed by atoms with Gasteiger partial charge in [0, 0.05) is 64.5 Å². The average molecular weight is 400 g/mol. The predicted octanol–water partition coefficient (Wildman–Crippen LogP) is 2.19. The summed E-state index contributed by atoms with van der Waals surface area (Å²) in [6.07, 6.45) is 10.8. The Labute approximate surface area is 173 Å². The highest BCUT2D eigenvalue weighted by Crippen LogP contribution is 2.45. The van der Waals surface area contributed by atoms with E-state index in [1.54, 1.807) is 17.3 Å². The van der Waals surface area contributed by atoms with Crippen LogP contribution in [0.15, 0.2) is 18.5 Å². The minimum absolute atomic E-state index is 0.108. The first-order chi connectivity index (χ1) is 14.0. The molecule has 7 heteroatoms. The van der Waals surface area contributed by atoms with E-state index in [9.17, 15) is 9.59 Å². The number of anilines is 1. The Morgan fingerprint density at radius 1 is 1.07 bits per heavy atom. The number of amides is 2. The smallest absolute Gasteiger partial charge is 0.230 e. The lowest BCUT2D eigenvalue weighted by molar-refractivity contribution is -0.142. The van der Waals surface area contributed by atoms with Gasteiger partial charge in [0.15, 0.2) is 0 Å². The SMILES string of the molecule is CN(C)C(=O)[C@@]12CCCN(C(=O)C3CCCCC3)C[C@@H]1CN(c1ncccn1)C2. The molecule has 3 fully saturated rings. The quantitative estimate of drug-likeness (QED) is 0.779. The Morgan fingerprint density at radius 2 is 1.79 bits per heavy atom. The van der Waals surface area contributed by atoms with Crippen LogP contribution in [0.2, 0.25) is 0 Å². The molecule has 158 valence electrons. The third-order valence-corrected chi connectivity index (χ3v) is 7.12. The van der Waals surface area contributed by atoms with Crippen LogP contribution in [-0.4, -0.2) is 71.9 Å². The summed E-state index contributed by atoms with van der Waals surface area (Å²) in [5, 5.41) is 0. The first-order valence-electron chi connectivity index (χ1n) is 11.0. The van der Waals surface area contributed by atoms with Crippen molar-refractivity contribution in [2.45, 2.75) is 44.9 Å². The summed E-state index contributed by atoms with van der Waals surface area (Å²) in [5.74, 6) is 1.45. The number of aromatic nitrogens is 2. The summed E-state index contributed by atoms with van der Waals surface area (Å²) in [6, 6.07) is 1.81. The summed E-state index contributed by atoms with van der Waals surface area (Å²) >= 11 is 0. The number of carbonyl (C=O) groups is 2. The number of fused-ring (bicyclic) bond motifs is 1. The molecule has 0 radical (unpaired) electrons. The van der Waals surface area contributed by atoms with Gasteiger partial charge in [0.1, 0.15) is 0 Å². The molecule has 0 spiro atoms. The lowest BCUT2D eigenvalue weighted by Gasteiger charge is -2.35. The van der Waals surface area contributed by atoms with Gasteiger partial charge in [-0.15, -0.1) is 0 Å². The van der Waals surface area contributed by atoms with Crippen LogP contribution >= 0.6 is 0 Å². The van der Waals surface area contributed by atoms with Gasteiger partial charge in [-0.05, 0) is 31.7 Å². The maximum Gasteiger partial charge on any atom is 0.230 e. The standard InChI is InChI=1S/C22H33N5O2/c1-25(2)20(29)22-10-6-13-26(19(28)17-8-4-3-5-9-17)14-18(22)15-27(16-22)21-23-11-7-12-24-21/h7,11-12,17-18H,3-6,8-10,13-16H2,1-2H3/t18-,22-/m1/s1. The molecule has 4 rings (SSSR count). The summed E-state index contributed by atoms with van der Waals surface area (Å²) in [4.78, 5) is 41.4. The summed E-state index contributed by atoms with van der Waals surface area (Å²) in [6.45, 7) is 2.79. The van der Waals surface area contributed by atoms with Crippen molar-refractivity contribution < 1.29 is 9.59 Å². The van der Waals surface area contributed by atoms with Crippen LogP contribution in [0.25, 0.3) is 0 Å². The third-order valence-electron chi connectivity index (χ3n) is 7.12. The number of nitrogens with zero attached hydrogens (tertiary/aromatic N) is 5. The third kappa shape index (κ3) is 3.83. The van der Waals surface area contributed by atoms with E-state index >= 15 is 0 Å². The van der Waals surface area contributed by atoms with Crippen LogP contribution in [0.4, 0.5) is 5.95 Å². The second-order valence-corrected chi connectivity index (χ2v) is 9.20. The Morgan fingerprint density at radius 3 is 2.48 bits per heavy atom. The van der Waals surface area contributed by atoms with Crippen molar-refractivity contribution in [1.29, 1.82) is 0 Å². The molecule has 7 nitrogen and oxygen atoms in total. The maximum atomic E-state index is 13.4. The topological polar surface area (TPSA) is 69.6 Å². The van der Waals surface area contributed by atoms with E-state index in [-0.39, 0.29) is 17.7 Å². The van der Waals surface area contributed by atoms with Crippen molar-refractivity contribution in [2.24, 2.45) is 17.3 Å². The van der Waals surface area contributed by atoms with Gasteiger partial charge in [0.05, 0.1) is 5.41 Å². The molecule has 3 aliphatic rings. The van der Waals surface area contributed by atoms with Crippen molar-refractivity contribution in [3.05, 3.63) is 18.5 Å². The molecule has 0 N–H and O–H groups in total. The van der Waals surface area contributed by atoms with Crippen LogP contribution in [0, 0.1) is 17.3 Å². The minimum Gasteiger partial charge on any atom is -0.348 e. The number of rotatable bonds is 3. The van der Waals surface area contributed by atoms with Gasteiger partial charge in [-0.25, -0.2) is 9.97 Å². The zero-order valence-electron chi connectivity index (χ0n) is 17.7. The van der Waals surface area contributed by atoms with Gasteiger partial charge in [-0.3, -0.25) is 9.59 Å². The molecule has 29 heavy (non-hydrogen) atoms. The second kappa shape index (κ2) is 8.28. The van der Waals surface area contributed by atoms with E-state index in [2.05, 4.69) is 19.8 Å². The van der Waals surface area contributed by atoms with Crippen molar-refractivity contribution in [3.63, 3.8) is 0 Å². The van der Waals surface area contributed by atoms with Crippen molar-refractivity contribution >= 4 is 17.8 Å². The fraction of sp³-hybridized carbons (Fsp3) is 0.727. The Hall–Kier alpha value is -2.18. The van der Waals surface area contributed by atoms with E-state index in [1.165, 1.54) is 6.42 Å². The molecular formula is C22H33N5O2. The largest absolute Gasteiger partial charge is 0.348 e. The summed E-state index contributed by atoms with van der Waals surface area (Å²) in [5.41, 5.74) is -0.468. The number of hydrogen-bond acceptors (Lipinski definition) is 5. The summed E-state index contributed by atoms with van der Waals surface area (Å²) in [7, 11) is 3.68. The van der Waals surface area contributed by atoms with Crippen LogP contribution in [0.3, 0.4) is 0 Å². The van der Waals surface area contributed by atoms with Crippen LogP contribution in [0.5, 0.6) is 0 Å². The van der Waals surface area contributed by atoms with Crippen molar-refractivity contribution in [2.75, 3.05) is 45.2 Å². The zero-order chi connectivity index (χ0) is 20.4. The maximum absolute atomic E-state index is 13.4. The average Bonchev–Trinajstić information content (AvgIpc) is 3.02. The normalized spacial score (nSPS) is 28.0. The molecular weight excluding hydrogens is 366 g/mol. The monoisotopic (exact) mass is 399 g/mol.